The molecule has 2 aromatic rings. The van der Waals surface area contributed by atoms with Crippen molar-refractivity contribution >= 4 is 33.2 Å². The fourth-order valence-electron chi connectivity index (χ4n) is 3.05. The van der Waals surface area contributed by atoms with Crippen LogP contribution in [-0.2, 0) is 10.0 Å². The monoisotopic (exact) mass is 392 g/mol. The molecule has 1 aliphatic rings. The van der Waals surface area contributed by atoms with Crippen molar-refractivity contribution in [2.24, 2.45) is 5.92 Å². The van der Waals surface area contributed by atoms with Crippen LogP contribution in [0.1, 0.15) is 30.1 Å². The van der Waals surface area contributed by atoms with Crippen molar-refractivity contribution in [2.45, 2.75) is 24.7 Å². The number of nitrogens with zero attached hydrogens (tertiary/aromatic N) is 1. The van der Waals surface area contributed by atoms with E-state index in [1.165, 1.54) is 16.4 Å². The number of hydrogen-bond donors (Lipinski definition) is 1. The normalized spacial score (nSPS) is 18.5. The lowest BCUT2D eigenvalue weighted by Crippen LogP contribution is -2.39. The number of benzene rings is 2. The van der Waals surface area contributed by atoms with E-state index in [0.29, 0.717) is 35.3 Å². The van der Waals surface area contributed by atoms with E-state index in [1.807, 2.05) is 0 Å². The standard InChI is InChI=1S/C19H21ClN2O3S/c1-14-4-3-11-22(13-14)26(24,25)18-6-2-5-15(12-18)19(23)21-17-9-7-16(20)8-10-17/h2,5-10,12,14H,3-4,11,13H2,1H3,(H,21,23). The van der Waals surface area contributed by atoms with Crippen molar-refractivity contribution < 1.29 is 13.2 Å². The summed E-state index contributed by atoms with van der Waals surface area (Å²) in [5.74, 6) is -0.0219. The molecule has 1 unspecified atom stereocenters. The van der Waals surface area contributed by atoms with Crippen LogP contribution in [0.4, 0.5) is 5.69 Å². The molecule has 0 aromatic heterocycles. The molecule has 3 rings (SSSR count). The van der Waals surface area contributed by atoms with E-state index in [1.54, 1.807) is 36.4 Å². The van der Waals surface area contributed by atoms with Gasteiger partial charge in [-0.15, -0.1) is 0 Å². The third-order valence-electron chi connectivity index (χ3n) is 4.46. The van der Waals surface area contributed by atoms with Gasteiger partial charge in [-0.25, -0.2) is 8.42 Å². The zero-order chi connectivity index (χ0) is 18.7. The SMILES string of the molecule is CC1CCCN(S(=O)(=O)c2cccc(C(=O)Nc3ccc(Cl)cc3)c2)C1. The van der Waals surface area contributed by atoms with Crippen LogP contribution in [0.25, 0.3) is 0 Å². The molecule has 1 atom stereocenters. The van der Waals surface area contributed by atoms with Crippen molar-refractivity contribution in [1.29, 1.82) is 0 Å². The highest BCUT2D eigenvalue weighted by molar-refractivity contribution is 7.89. The summed E-state index contributed by atoms with van der Waals surface area (Å²) in [5.41, 5.74) is 0.892. The van der Waals surface area contributed by atoms with Gasteiger partial charge in [-0.2, -0.15) is 4.31 Å². The highest BCUT2D eigenvalue weighted by atomic mass is 35.5. The summed E-state index contributed by atoms with van der Waals surface area (Å²) in [6, 6.07) is 12.9. The number of halogens is 1. The first-order valence-corrected chi connectivity index (χ1v) is 10.4. The topological polar surface area (TPSA) is 66.5 Å². The lowest BCUT2D eigenvalue weighted by atomic mass is 10.0. The Kier molecular flexibility index (Phi) is 5.65. The molecule has 138 valence electrons. The van der Waals surface area contributed by atoms with Crippen LogP contribution in [0.5, 0.6) is 0 Å². The number of carbonyl (C=O) groups excluding carboxylic acids is 1. The maximum atomic E-state index is 12.9. The second-order valence-electron chi connectivity index (χ2n) is 6.60. The highest BCUT2D eigenvalue weighted by Crippen LogP contribution is 2.24. The van der Waals surface area contributed by atoms with Gasteiger partial charge in [-0.05, 0) is 61.2 Å². The Bertz CT molecular complexity index is 897. The zero-order valence-electron chi connectivity index (χ0n) is 14.5. The molecule has 0 bridgehead atoms. The first-order valence-electron chi connectivity index (χ1n) is 8.53. The molecular weight excluding hydrogens is 372 g/mol. The van der Waals surface area contributed by atoms with E-state index in [9.17, 15) is 13.2 Å². The molecule has 0 saturated carbocycles. The van der Waals surface area contributed by atoms with Gasteiger partial charge in [-0.1, -0.05) is 24.6 Å². The van der Waals surface area contributed by atoms with E-state index in [4.69, 9.17) is 11.6 Å². The first-order chi connectivity index (χ1) is 12.4. The average Bonchev–Trinajstić information content (AvgIpc) is 2.63. The summed E-state index contributed by atoms with van der Waals surface area (Å²) in [6.07, 6.45) is 1.90. The molecule has 2 aromatic carbocycles. The quantitative estimate of drug-likeness (QED) is 0.854. The van der Waals surface area contributed by atoms with Gasteiger partial charge in [0.2, 0.25) is 10.0 Å². The minimum Gasteiger partial charge on any atom is -0.322 e. The van der Waals surface area contributed by atoms with Crippen LogP contribution in [0.3, 0.4) is 0 Å². The van der Waals surface area contributed by atoms with E-state index < -0.39 is 10.0 Å². The molecule has 1 amide bonds. The van der Waals surface area contributed by atoms with E-state index >= 15 is 0 Å². The molecule has 0 spiro atoms. The summed E-state index contributed by atoms with van der Waals surface area (Å²) in [6.45, 7) is 3.09. The summed E-state index contributed by atoms with van der Waals surface area (Å²) >= 11 is 5.84. The predicted octanol–water partition coefficient (Wildman–Crippen LogP) is 4.01. The fraction of sp³-hybridized carbons (Fsp3) is 0.316. The van der Waals surface area contributed by atoms with Gasteiger partial charge in [0.05, 0.1) is 4.90 Å². The Labute approximate surface area is 159 Å². The van der Waals surface area contributed by atoms with Crippen LogP contribution in [0.2, 0.25) is 5.02 Å². The molecule has 5 nitrogen and oxygen atoms in total. The average molecular weight is 393 g/mol. The van der Waals surface area contributed by atoms with Crippen LogP contribution in [-0.4, -0.2) is 31.7 Å². The third-order valence-corrected chi connectivity index (χ3v) is 6.57. The second-order valence-corrected chi connectivity index (χ2v) is 8.97. The Hall–Kier alpha value is -1.89. The molecule has 1 heterocycles. The Morgan fingerprint density at radius 3 is 2.62 bits per heavy atom. The number of rotatable bonds is 4. The maximum absolute atomic E-state index is 12.9. The smallest absolute Gasteiger partial charge is 0.255 e. The van der Waals surface area contributed by atoms with Crippen LogP contribution < -0.4 is 5.32 Å². The van der Waals surface area contributed by atoms with Gasteiger partial charge in [0, 0.05) is 29.4 Å². The molecule has 1 saturated heterocycles. The van der Waals surface area contributed by atoms with Gasteiger partial charge in [0.1, 0.15) is 0 Å². The minimum absolute atomic E-state index is 0.148. The fourth-order valence-corrected chi connectivity index (χ4v) is 4.82. The molecule has 7 heteroatoms. The predicted molar refractivity (Wildman–Crippen MR) is 103 cm³/mol. The molecule has 0 aliphatic carbocycles. The molecular formula is C19H21ClN2O3S. The first kappa shape index (κ1) is 18.9. The van der Waals surface area contributed by atoms with Crippen LogP contribution in [0, 0.1) is 5.92 Å². The van der Waals surface area contributed by atoms with Gasteiger partial charge in [0.25, 0.3) is 5.91 Å². The molecule has 0 radical (unpaired) electrons. The lowest BCUT2D eigenvalue weighted by Gasteiger charge is -2.30. The number of piperidine rings is 1. The van der Waals surface area contributed by atoms with Crippen LogP contribution in [0.15, 0.2) is 53.4 Å². The zero-order valence-corrected chi connectivity index (χ0v) is 16.1. The van der Waals surface area contributed by atoms with Crippen molar-refractivity contribution in [3.05, 3.63) is 59.1 Å². The van der Waals surface area contributed by atoms with Gasteiger partial charge in [-0.3, -0.25) is 4.79 Å². The van der Waals surface area contributed by atoms with E-state index in [0.717, 1.165) is 12.8 Å². The van der Waals surface area contributed by atoms with Crippen molar-refractivity contribution in [3.63, 3.8) is 0 Å². The summed E-state index contributed by atoms with van der Waals surface area (Å²) in [7, 11) is -3.59. The minimum atomic E-state index is -3.59. The number of carbonyl (C=O) groups is 1. The van der Waals surface area contributed by atoms with Crippen molar-refractivity contribution in [2.75, 3.05) is 18.4 Å². The van der Waals surface area contributed by atoms with Gasteiger partial charge in [0.15, 0.2) is 0 Å². The Morgan fingerprint density at radius 2 is 1.92 bits per heavy atom. The van der Waals surface area contributed by atoms with Crippen molar-refractivity contribution in [3.8, 4) is 0 Å². The lowest BCUT2D eigenvalue weighted by molar-refractivity contribution is 0.102. The molecule has 26 heavy (non-hydrogen) atoms. The number of amides is 1. The third kappa shape index (κ3) is 4.26. The van der Waals surface area contributed by atoms with Crippen molar-refractivity contribution in [1.82, 2.24) is 4.31 Å². The number of hydrogen-bond acceptors (Lipinski definition) is 3. The molecule has 1 fully saturated rings. The second kappa shape index (κ2) is 7.78. The maximum Gasteiger partial charge on any atom is 0.255 e. The number of sulfonamides is 1. The van der Waals surface area contributed by atoms with Gasteiger partial charge < -0.3 is 5.32 Å². The summed E-state index contributed by atoms with van der Waals surface area (Å²) in [5, 5.41) is 3.32. The molecule has 1 N–H and O–H groups in total. The van der Waals surface area contributed by atoms with E-state index in [-0.39, 0.29) is 10.8 Å². The summed E-state index contributed by atoms with van der Waals surface area (Å²) < 4.78 is 27.3. The molecule has 1 aliphatic heterocycles. The van der Waals surface area contributed by atoms with Gasteiger partial charge >= 0.3 is 0 Å². The Balaban J connectivity index is 1.81. The number of anilines is 1. The van der Waals surface area contributed by atoms with Crippen LogP contribution >= 0.6 is 11.6 Å². The Morgan fingerprint density at radius 1 is 1.19 bits per heavy atom. The largest absolute Gasteiger partial charge is 0.322 e. The highest BCUT2D eigenvalue weighted by Gasteiger charge is 2.29. The number of nitrogens with one attached hydrogen (secondary N) is 1. The van der Waals surface area contributed by atoms with E-state index in [2.05, 4.69) is 12.2 Å². The summed E-state index contributed by atoms with van der Waals surface area (Å²) in [4.78, 5) is 12.6.